The zero-order chi connectivity index (χ0) is 25.5. The van der Waals surface area contributed by atoms with Crippen molar-refractivity contribution in [1.29, 1.82) is 0 Å². The predicted octanol–water partition coefficient (Wildman–Crippen LogP) is 3.51. The average molecular weight is 621 g/mol. The summed E-state index contributed by atoms with van der Waals surface area (Å²) in [6, 6.07) is 14.7. The number of methoxy groups -OCH3 is 1. The minimum atomic E-state index is -4.10. The zero-order valence-electron chi connectivity index (χ0n) is 18.8. The van der Waals surface area contributed by atoms with E-state index in [0.29, 0.717) is 5.75 Å². The minimum Gasteiger partial charge on any atom is -0.493 e. The second kappa shape index (κ2) is 11.5. The summed E-state index contributed by atoms with van der Waals surface area (Å²) < 4.78 is 46.8. The van der Waals surface area contributed by atoms with E-state index >= 15 is 0 Å². The van der Waals surface area contributed by atoms with Crippen LogP contribution in [0, 0.1) is 3.57 Å². The van der Waals surface area contributed by atoms with E-state index in [-0.39, 0.29) is 53.0 Å². The highest BCUT2D eigenvalue weighted by atomic mass is 127. The van der Waals surface area contributed by atoms with E-state index in [1.165, 1.54) is 31.6 Å². The molecule has 0 atom stereocenters. The summed E-state index contributed by atoms with van der Waals surface area (Å²) >= 11 is 2.08. The Bertz CT molecular complexity index is 1440. The number of aromatic nitrogens is 4. The summed E-state index contributed by atoms with van der Waals surface area (Å²) in [5.74, 6) is 0.267. The third-order valence-corrected chi connectivity index (χ3v) is 6.64. The summed E-state index contributed by atoms with van der Waals surface area (Å²) in [7, 11) is -2.63. The van der Waals surface area contributed by atoms with Crippen LogP contribution in [0.4, 0.5) is 5.82 Å². The Morgan fingerprint density at radius 1 is 0.944 bits per heavy atom. The molecule has 0 unspecified atom stereocenters. The molecule has 4 rings (SSSR count). The van der Waals surface area contributed by atoms with Crippen LogP contribution in [-0.4, -0.2) is 53.8 Å². The average Bonchev–Trinajstić information content (AvgIpc) is 2.89. The van der Waals surface area contributed by atoms with E-state index in [1.807, 2.05) is 0 Å². The number of aliphatic hydroxyl groups excluding tert-OH is 1. The summed E-state index contributed by atoms with van der Waals surface area (Å²) in [5, 5.41) is 9.34. The number of benzene rings is 2. The van der Waals surface area contributed by atoms with Crippen LogP contribution in [0.1, 0.15) is 0 Å². The molecule has 2 heterocycles. The van der Waals surface area contributed by atoms with Crippen molar-refractivity contribution in [3.63, 3.8) is 0 Å². The summed E-state index contributed by atoms with van der Waals surface area (Å²) in [6.07, 6.45) is 2.99. The number of nitrogens with zero attached hydrogens (tertiary/aromatic N) is 4. The SMILES string of the molecule is COc1ccccc1Oc1c(NS(=O)(=O)c2ccc(I)cc2)nc(-c2ncccn2)nc1OCCO. The fourth-order valence-corrected chi connectivity index (χ4v) is 4.32. The van der Waals surface area contributed by atoms with Crippen LogP contribution in [0.5, 0.6) is 23.1 Å². The molecular formula is C23H20IN5O6S. The molecule has 0 aliphatic heterocycles. The van der Waals surface area contributed by atoms with Crippen LogP contribution in [0.2, 0.25) is 0 Å². The molecule has 0 aliphatic carbocycles. The lowest BCUT2D eigenvalue weighted by Crippen LogP contribution is -2.16. The number of rotatable bonds is 10. The fourth-order valence-electron chi connectivity index (χ4n) is 2.96. The quantitative estimate of drug-likeness (QED) is 0.252. The summed E-state index contributed by atoms with van der Waals surface area (Å²) in [6.45, 7) is -0.462. The number of nitrogens with one attached hydrogen (secondary N) is 1. The predicted molar refractivity (Wildman–Crippen MR) is 139 cm³/mol. The third kappa shape index (κ3) is 5.98. The van der Waals surface area contributed by atoms with Crippen LogP contribution < -0.4 is 18.9 Å². The number of sulfonamides is 1. The molecule has 2 aromatic carbocycles. The van der Waals surface area contributed by atoms with Crippen LogP contribution >= 0.6 is 22.6 Å². The molecule has 11 nitrogen and oxygen atoms in total. The first-order valence-electron chi connectivity index (χ1n) is 10.4. The van der Waals surface area contributed by atoms with Crippen LogP contribution in [0.3, 0.4) is 0 Å². The Balaban J connectivity index is 1.88. The van der Waals surface area contributed by atoms with Gasteiger partial charge in [-0.25, -0.2) is 23.4 Å². The number of halogens is 1. The molecule has 0 saturated carbocycles. The number of ether oxygens (including phenoxy) is 3. The maximum absolute atomic E-state index is 13.2. The first-order chi connectivity index (χ1) is 17.4. The number of para-hydroxylation sites is 2. The van der Waals surface area contributed by atoms with Crippen LogP contribution in [0.15, 0.2) is 71.9 Å². The Labute approximate surface area is 220 Å². The molecule has 2 aromatic heterocycles. The van der Waals surface area contributed by atoms with Gasteiger partial charge in [-0.2, -0.15) is 4.98 Å². The number of aliphatic hydroxyl groups is 1. The van der Waals surface area contributed by atoms with Crippen molar-refractivity contribution in [2.75, 3.05) is 25.0 Å². The highest BCUT2D eigenvalue weighted by Crippen LogP contribution is 2.41. The lowest BCUT2D eigenvalue weighted by Gasteiger charge is -2.18. The van der Waals surface area contributed by atoms with Crippen molar-refractivity contribution in [3.05, 3.63) is 70.6 Å². The van der Waals surface area contributed by atoms with Crippen molar-refractivity contribution in [1.82, 2.24) is 19.9 Å². The number of hydrogen-bond donors (Lipinski definition) is 2. The van der Waals surface area contributed by atoms with Gasteiger partial charge in [0.1, 0.15) is 6.61 Å². The molecule has 0 aliphatic rings. The minimum absolute atomic E-state index is 0.0140. The standard InChI is InChI=1S/C23H20IN5O6S/c1-33-17-5-2-3-6-18(17)35-19-20(29-36(31,32)16-9-7-15(24)8-10-16)27-22(21-25-11-4-12-26-21)28-23(19)34-14-13-30/h2-12,30H,13-14H2,1H3,(H,27,28,29). The lowest BCUT2D eigenvalue weighted by atomic mass is 10.3. The van der Waals surface area contributed by atoms with Crippen molar-refractivity contribution in [3.8, 4) is 34.8 Å². The molecule has 0 bridgehead atoms. The van der Waals surface area contributed by atoms with Gasteiger partial charge >= 0.3 is 0 Å². The summed E-state index contributed by atoms with van der Waals surface area (Å²) in [4.78, 5) is 17.0. The van der Waals surface area contributed by atoms with Gasteiger partial charge in [-0.3, -0.25) is 4.72 Å². The van der Waals surface area contributed by atoms with Gasteiger partial charge in [0.2, 0.25) is 11.6 Å². The maximum atomic E-state index is 13.2. The fraction of sp³-hybridized carbons (Fsp3) is 0.130. The Hall–Kier alpha value is -3.56. The largest absolute Gasteiger partial charge is 0.493 e. The molecular weight excluding hydrogens is 601 g/mol. The first-order valence-corrected chi connectivity index (χ1v) is 13.0. The van der Waals surface area contributed by atoms with Crippen molar-refractivity contribution >= 4 is 38.4 Å². The van der Waals surface area contributed by atoms with Gasteiger partial charge in [-0.05, 0) is 65.1 Å². The van der Waals surface area contributed by atoms with Crippen molar-refractivity contribution in [2.24, 2.45) is 0 Å². The van der Waals surface area contributed by atoms with Gasteiger partial charge in [0, 0.05) is 16.0 Å². The Morgan fingerprint density at radius 3 is 2.31 bits per heavy atom. The van der Waals surface area contributed by atoms with Crippen molar-refractivity contribution in [2.45, 2.75) is 4.90 Å². The number of anilines is 1. The first kappa shape index (κ1) is 25.5. The highest BCUT2D eigenvalue weighted by Gasteiger charge is 2.26. The molecule has 4 aromatic rings. The second-order valence-electron chi connectivity index (χ2n) is 6.99. The smallest absolute Gasteiger partial charge is 0.263 e. The van der Waals surface area contributed by atoms with Gasteiger partial charge in [0.05, 0.1) is 18.6 Å². The van der Waals surface area contributed by atoms with Crippen molar-refractivity contribution < 1.29 is 27.7 Å². The van der Waals surface area contributed by atoms with E-state index in [0.717, 1.165) is 3.57 Å². The van der Waals surface area contributed by atoms with E-state index in [2.05, 4.69) is 47.2 Å². The molecule has 13 heteroatoms. The van der Waals surface area contributed by atoms with Crippen LogP contribution in [-0.2, 0) is 10.0 Å². The molecule has 0 fully saturated rings. The molecule has 0 radical (unpaired) electrons. The Kier molecular flexibility index (Phi) is 8.12. The molecule has 0 saturated heterocycles. The number of hydrogen-bond acceptors (Lipinski definition) is 10. The van der Waals surface area contributed by atoms with Crippen LogP contribution in [0.25, 0.3) is 11.6 Å². The van der Waals surface area contributed by atoms with Gasteiger partial charge in [0.25, 0.3) is 15.9 Å². The van der Waals surface area contributed by atoms with E-state index in [4.69, 9.17) is 14.2 Å². The van der Waals surface area contributed by atoms with Gasteiger partial charge in [-0.15, -0.1) is 0 Å². The molecule has 0 spiro atoms. The molecule has 186 valence electrons. The van der Waals surface area contributed by atoms with E-state index < -0.39 is 10.0 Å². The van der Waals surface area contributed by atoms with Gasteiger partial charge in [-0.1, -0.05) is 12.1 Å². The molecule has 2 N–H and O–H groups in total. The van der Waals surface area contributed by atoms with E-state index in [9.17, 15) is 13.5 Å². The van der Waals surface area contributed by atoms with Gasteiger partial charge < -0.3 is 19.3 Å². The lowest BCUT2D eigenvalue weighted by molar-refractivity contribution is 0.192. The highest BCUT2D eigenvalue weighted by molar-refractivity contribution is 14.1. The monoisotopic (exact) mass is 621 g/mol. The topological polar surface area (TPSA) is 146 Å². The normalized spacial score (nSPS) is 11.1. The molecule has 36 heavy (non-hydrogen) atoms. The third-order valence-electron chi connectivity index (χ3n) is 4.57. The second-order valence-corrected chi connectivity index (χ2v) is 9.91. The van der Waals surface area contributed by atoms with E-state index in [1.54, 1.807) is 42.5 Å². The zero-order valence-corrected chi connectivity index (χ0v) is 21.8. The molecule has 0 amide bonds. The summed E-state index contributed by atoms with van der Waals surface area (Å²) in [5.41, 5.74) is 0. The maximum Gasteiger partial charge on any atom is 0.263 e. The Morgan fingerprint density at radius 2 is 1.64 bits per heavy atom. The van der Waals surface area contributed by atoms with Gasteiger partial charge in [0.15, 0.2) is 23.1 Å².